The number of nitrogens with one attached hydrogen (secondary N) is 1. The molecule has 30 heavy (non-hydrogen) atoms. The van der Waals surface area contributed by atoms with Crippen molar-refractivity contribution in [2.75, 3.05) is 0 Å². The van der Waals surface area contributed by atoms with Gasteiger partial charge in [0.05, 0.1) is 9.95 Å². The Morgan fingerprint density at radius 3 is 2.67 bits per heavy atom. The van der Waals surface area contributed by atoms with Crippen LogP contribution in [0, 0.1) is 26.2 Å². The first-order valence-corrected chi connectivity index (χ1v) is 11.6. The molecular formula is C22H21ClN4OS2. The lowest BCUT2D eigenvalue weighted by molar-refractivity contribution is -0.114. The van der Waals surface area contributed by atoms with Crippen LogP contribution in [0.1, 0.15) is 45.4 Å². The third-order valence-corrected chi connectivity index (χ3v) is 7.72. The third kappa shape index (κ3) is 3.66. The van der Waals surface area contributed by atoms with Crippen LogP contribution in [0.2, 0.25) is 5.02 Å². The van der Waals surface area contributed by atoms with Crippen molar-refractivity contribution >= 4 is 51.6 Å². The van der Waals surface area contributed by atoms with E-state index < -0.39 is 5.92 Å². The number of carbonyl (C=O) groups excluding carboxylic acids is 1. The second-order valence-corrected chi connectivity index (χ2v) is 9.84. The first-order valence-electron chi connectivity index (χ1n) is 9.60. The van der Waals surface area contributed by atoms with Gasteiger partial charge < -0.3 is 4.57 Å². The molecule has 1 N–H and O–H groups in total. The van der Waals surface area contributed by atoms with Crippen LogP contribution < -0.4 is 0 Å². The van der Waals surface area contributed by atoms with Gasteiger partial charge >= 0.3 is 0 Å². The molecule has 1 aromatic carbocycles. The lowest BCUT2D eigenvalue weighted by Crippen LogP contribution is -2.11. The Morgan fingerprint density at radius 1 is 1.23 bits per heavy atom. The van der Waals surface area contributed by atoms with Gasteiger partial charge in [-0.2, -0.15) is 0 Å². The standard InChI is InChI=1S/C22H21ClN4OS2/c1-5-18-25-26-22(30-18)19-20(28)17(29-21(19)24)9-14-8-12(3)27(13(14)4)15-7-6-11(2)16(23)10-15/h6-10,19,24H,5H2,1-4H3/b17-9-,24-21?/t19-/m1/s1. The first kappa shape index (κ1) is 21.0. The summed E-state index contributed by atoms with van der Waals surface area (Å²) >= 11 is 8.96. The average molecular weight is 457 g/mol. The van der Waals surface area contributed by atoms with E-state index in [9.17, 15) is 4.79 Å². The topological polar surface area (TPSA) is 71.6 Å². The van der Waals surface area contributed by atoms with Gasteiger partial charge in [0.2, 0.25) is 0 Å². The fraction of sp³-hybridized carbons (Fsp3) is 0.273. The number of aryl methyl sites for hydroxylation is 3. The lowest BCUT2D eigenvalue weighted by Gasteiger charge is -2.11. The molecule has 3 heterocycles. The smallest absolute Gasteiger partial charge is 0.186 e. The highest BCUT2D eigenvalue weighted by atomic mass is 35.5. The number of benzene rings is 1. The zero-order chi connectivity index (χ0) is 21.6. The molecule has 5 nitrogen and oxygen atoms in total. The summed E-state index contributed by atoms with van der Waals surface area (Å²) in [5.74, 6) is -0.703. The van der Waals surface area contributed by atoms with Gasteiger partial charge in [-0.3, -0.25) is 10.2 Å². The monoisotopic (exact) mass is 456 g/mol. The van der Waals surface area contributed by atoms with Crippen LogP contribution in [-0.4, -0.2) is 25.6 Å². The Morgan fingerprint density at radius 2 is 2.00 bits per heavy atom. The summed E-state index contributed by atoms with van der Waals surface area (Å²) < 4.78 is 2.13. The molecule has 1 aliphatic heterocycles. The minimum atomic E-state index is -0.626. The molecule has 154 valence electrons. The molecule has 0 spiro atoms. The van der Waals surface area contributed by atoms with Crippen LogP contribution in [0.15, 0.2) is 29.2 Å². The number of Topliss-reactive ketones (excluding diaryl/α,β-unsaturated/α-hetero) is 1. The van der Waals surface area contributed by atoms with Gasteiger partial charge in [-0.1, -0.05) is 36.4 Å². The van der Waals surface area contributed by atoms with Crippen molar-refractivity contribution in [3.63, 3.8) is 0 Å². The Labute approximate surface area is 188 Å². The normalized spacial score (nSPS) is 18.0. The molecule has 0 amide bonds. The Hall–Kier alpha value is -2.22. The highest BCUT2D eigenvalue weighted by Gasteiger charge is 2.39. The van der Waals surface area contributed by atoms with Crippen molar-refractivity contribution in [1.29, 1.82) is 5.41 Å². The summed E-state index contributed by atoms with van der Waals surface area (Å²) in [6.07, 6.45) is 2.66. The van der Waals surface area contributed by atoms with E-state index in [1.165, 1.54) is 23.1 Å². The predicted molar refractivity (Wildman–Crippen MR) is 125 cm³/mol. The summed E-state index contributed by atoms with van der Waals surface area (Å²) in [5.41, 5.74) is 5.05. The fourth-order valence-electron chi connectivity index (χ4n) is 3.53. The van der Waals surface area contributed by atoms with Crippen molar-refractivity contribution in [2.24, 2.45) is 0 Å². The summed E-state index contributed by atoms with van der Waals surface area (Å²) in [5, 5.41) is 19.1. The van der Waals surface area contributed by atoms with Crippen LogP contribution in [-0.2, 0) is 11.2 Å². The Balaban J connectivity index is 1.69. The van der Waals surface area contributed by atoms with E-state index in [1.807, 2.05) is 52.0 Å². The van der Waals surface area contributed by atoms with Gasteiger partial charge in [-0.05, 0) is 62.6 Å². The number of aromatic nitrogens is 3. The maximum absolute atomic E-state index is 13.1. The van der Waals surface area contributed by atoms with Crippen LogP contribution >= 0.6 is 34.7 Å². The number of nitrogens with zero attached hydrogens (tertiary/aromatic N) is 3. The van der Waals surface area contributed by atoms with Gasteiger partial charge in [0.15, 0.2) is 5.78 Å². The molecule has 0 bridgehead atoms. The van der Waals surface area contributed by atoms with E-state index in [0.717, 1.165) is 44.7 Å². The zero-order valence-corrected chi connectivity index (χ0v) is 19.5. The van der Waals surface area contributed by atoms with Crippen LogP contribution in [0.5, 0.6) is 0 Å². The molecule has 1 saturated heterocycles. The average Bonchev–Trinajstić information content (AvgIpc) is 3.35. The first-order chi connectivity index (χ1) is 14.3. The molecule has 4 rings (SSSR count). The molecule has 0 saturated carbocycles. The quantitative estimate of drug-likeness (QED) is 0.497. The lowest BCUT2D eigenvalue weighted by atomic mass is 10.1. The summed E-state index contributed by atoms with van der Waals surface area (Å²) in [6, 6.07) is 8.06. The molecule has 0 radical (unpaired) electrons. The van der Waals surface area contributed by atoms with E-state index in [2.05, 4.69) is 20.8 Å². The number of rotatable bonds is 4. The number of allylic oxidation sites excluding steroid dienone is 1. The van der Waals surface area contributed by atoms with Crippen LogP contribution in [0.4, 0.5) is 0 Å². The van der Waals surface area contributed by atoms with Gasteiger partial charge in [-0.15, -0.1) is 21.5 Å². The van der Waals surface area contributed by atoms with Gasteiger partial charge in [0.1, 0.15) is 15.9 Å². The van der Waals surface area contributed by atoms with Crippen molar-refractivity contribution in [3.05, 3.63) is 66.7 Å². The largest absolute Gasteiger partial charge is 0.318 e. The predicted octanol–water partition coefficient (Wildman–Crippen LogP) is 5.89. The summed E-state index contributed by atoms with van der Waals surface area (Å²) in [6.45, 7) is 8.04. The molecule has 0 aliphatic carbocycles. The van der Waals surface area contributed by atoms with Crippen molar-refractivity contribution < 1.29 is 4.79 Å². The van der Waals surface area contributed by atoms with Crippen molar-refractivity contribution in [1.82, 2.24) is 14.8 Å². The molecule has 0 unspecified atom stereocenters. The van der Waals surface area contributed by atoms with E-state index in [0.29, 0.717) is 15.0 Å². The van der Waals surface area contributed by atoms with Crippen LogP contribution in [0.3, 0.4) is 0 Å². The molecule has 8 heteroatoms. The van der Waals surface area contributed by atoms with E-state index in [4.69, 9.17) is 17.0 Å². The summed E-state index contributed by atoms with van der Waals surface area (Å²) in [4.78, 5) is 13.6. The third-order valence-electron chi connectivity index (χ3n) is 5.19. The SMILES string of the molecule is CCc1nnc([C@H]2C(=N)S/C(=C\c3cc(C)n(-c4ccc(C)c(Cl)c4)c3C)C2=O)s1. The highest BCUT2D eigenvalue weighted by Crippen LogP contribution is 2.42. The molecule has 2 aromatic heterocycles. The van der Waals surface area contributed by atoms with Crippen LogP contribution in [0.25, 0.3) is 11.8 Å². The number of hydrogen-bond acceptors (Lipinski definition) is 6. The molecular weight excluding hydrogens is 436 g/mol. The number of carbonyl (C=O) groups is 1. The number of halogens is 1. The van der Waals surface area contributed by atoms with Gasteiger partial charge in [-0.25, -0.2) is 0 Å². The maximum Gasteiger partial charge on any atom is 0.186 e. The number of thioether (sulfide) groups is 1. The fourth-order valence-corrected chi connectivity index (χ4v) is 5.65. The van der Waals surface area contributed by atoms with E-state index >= 15 is 0 Å². The Kier molecular flexibility index (Phi) is 5.70. The van der Waals surface area contributed by atoms with E-state index in [1.54, 1.807) is 0 Å². The van der Waals surface area contributed by atoms with Crippen molar-refractivity contribution in [2.45, 2.75) is 40.0 Å². The van der Waals surface area contributed by atoms with Gasteiger partial charge in [0, 0.05) is 22.1 Å². The minimum Gasteiger partial charge on any atom is -0.318 e. The minimum absolute atomic E-state index is 0.0769. The highest BCUT2D eigenvalue weighted by molar-refractivity contribution is 8.19. The zero-order valence-electron chi connectivity index (χ0n) is 17.1. The molecule has 1 atom stereocenters. The van der Waals surface area contributed by atoms with E-state index in [-0.39, 0.29) is 5.78 Å². The number of ketones is 1. The maximum atomic E-state index is 13.1. The second-order valence-electron chi connectivity index (χ2n) is 7.26. The Bertz CT molecular complexity index is 1210. The molecule has 1 fully saturated rings. The second kappa shape index (κ2) is 8.13. The molecule has 1 aliphatic rings. The summed E-state index contributed by atoms with van der Waals surface area (Å²) in [7, 11) is 0. The molecule has 3 aromatic rings. The number of hydrogen-bond donors (Lipinski definition) is 1. The van der Waals surface area contributed by atoms with Crippen molar-refractivity contribution in [3.8, 4) is 5.69 Å². The van der Waals surface area contributed by atoms with Gasteiger partial charge in [0.25, 0.3) is 0 Å².